The molecule has 6 nitrogen and oxygen atoms in total. The molecule has 0 aliphatic heterocycles. The van der Waals surface area contributed by atoms with Crippen molar-refractivity contribution in [2.75, 3.05) is 14.2 Å². The summed E-state index contributed by atoms with van der Waals surface area (Å²) in [6.07, 6.45) is 0. The molecule has 2 aromatic carbocycles. The molecule has 0 radical (unpaired) electrons. The first-order valence-corrected chi connectivity index (χ1v) is 6.76. The Morgan fingerprint density at radius 2 is 1.78 bits per heavy atom. The fraction of sp³-hybridized carbons (Fsp3) is 0.118. The Kier molecular flexibility index (Phi) is 3.57. The van der Waals surface area contributed by atoms with Crippen molar-refractivity contribution in [1.29, 1.82) is 0 Å². The van der Waals surface area contributed by atoms with Gasteiger partial charge >= 0.3 is 5.97 Å². The number of rotatable bonds is 4. The van der Waals surface area contributed by atoms with E-state index in [1.54, 1.807) is 24.3 Å². The average Bonchev–Trinajstić information content (AvgIpc) is 2.93. The molecule has 1 heterocycles. The molecule has 0 unspecified atom stereocenters. The van der Waals surface area contributed by atoms with Crippen molar-refractivity contribution in [2.45, 2.75) is 0 Å². The number of benzene rings is 2. The molecule has 0 atom stereocenters. The SMILES string of the molecule is COc1cc(OC)c2oc(-c3ccc(O)cc3)c(C(=O)O)c2c1. The third-order valence-corrected chi connectivity index (χ3v) is 3.53. The first-order valence-electron chi connectivity index (χ1n) is 6.76. The van der Waals surface area contributed by atoms with Gasteiger partial charge in [0.25, 0.3) is 0 Å². The Hall–Kier alpha value is -3.15. The summed E-state index contributed by atoms with van der Waals surface area (Å²) < 4.78 is 16.2. The predicted molar refractivity (Wildman–Crippen MR) is 83.4 cm³/mol. The van der Waals surface area contributed by atoms with Crippen molar-refractivity contribution in [1.82, 2.24) is 0 Å². The first kappa shape index (κ1) is 14.8. The molecule has 23 heavy (non-hydrogen) atoms. The molecular formula is C17H14O6. The van der Waals surface area contributed by atoms with Crippen LogP contribution in [0.4, 0.5) is 0 Å². The van der Waals surface area contributed by atoms with E-state index in [9.17, 15) is 15.0 Å². The van der Waals surface area contributed by atoms with Gasteiger partial charge in [-0.3, -0.25) is 0 Å². The molecule has 0 aliphatic rings. The zero-order valence-electron chi connectivity index (χ0n) is 12.5. The van der Waals surface area contributed by atoms with E-state index < -0.39 is 5.97 Å². The molecule has 1 aromatic heterocycles. The lowest BCUT2D eigenvalue weighted by molar-refractivity contribution is 0.0699. The molecule has 3 aromatic rings. The summed E-state index contributed by atoms with van der Waals surface area (Å²) in [4.78, 5) is 11.7. The van der Waals surface area contributed by atoms with Crippen molar-refractivity contribution >= 4 is 16.9 Å². The summed E-state index contributed by atoms with van der Waals surface area (Å²) in [6.45, 7) is 0. The van der Waals surface area contributed by atoms with Gasteiger partial charge in [-0.1, -0.05) is 0 Å². The van der Waals surface area contributed by atoms with Crippen LogP contribution in [0, 0.1) is 0 Å². The molecule has 0 saturated carbocycles. The van der Waals surface area contributed by atoms with E-state index in [-0.39, 0.29) is 17.1 Å². The van der Waals surface area contributed by atoms with Crippen LogP contribution in [0.2, 0.25) is 0 Å². The molecule has 2 N–H and O–H groups in total. The maximum absolute atomic E-state index is 11.7. The van der Waals surface area contributed by atoms with Crippen LogP contribution in [-0.4, -0.2) is 30.4 Å². The normalized spacial score (nSPS) is 10.7. The van der Waals surface area contributed by atoms with Gasteiger partial charge in [0.1, 0.15) is 22.8 Å². The zero-order valence-corrected chi connectivity index (χ0v) is 12.5. The lowest BCUT2D eigenvalue weighted by Gasteiger charge is -2.04. The fourth-order valence-electron chi connectivity index (χ4n) is 2.44. The first-order chi connectivity index (χ1) is 11.0. The molecule has 118 valence electrons. The lowest BCUT2D eigenvalue weighted by atomic mass is 10.1. The number of furan rings is 1. The van der Waals surface area contributed by atoms with Crippen LogP contribution in [0.3, 0.4) is 0 Å². The van der Waals surface area contributed by atoms with Crippen LogP contribution >= 0.6 is 0 Å². The molecule has 0 spiro atoms. The van der Waals surface area contributed by atoms with Crippen LogP contribution in [0.5, 0.6) is 17.2 Å². The topological polar surface area (TPSA) is 89.1 Å². The number of ether oxygens (including phenoxy) is 2. The van der Waals surface area contributed by atoms with E-state index in [0.717, 1.165) is 0 Å². The van der Waals surface area contributed by atoms with Gasteiger partial charge in [0.15, 0.2) is 11.3 Å². The second kappa shape index (κ2) is 5.57. The highest BCUT2D eigenvalue weighted by Crippen LogP contribution is 2.40. The molecule has 0 amide bonds. The van der Waals surface area contributed by atoms with Gasteiger partial charge in [-0.05, 0) is 30.3 Å². The van der Waals surface area contributed by atoms with Crippen molar-refractivity contribution in [3.8, 4) is 28.6 Å². The largest absolute Gasteiger partial charge is 0.508 e. The summed E-state index contributed by atoms with van der Waals surface area (Å²) in [5, 5.41) is 19.4. The summed E-state index contributed by atoms with van der Waals surface area (Å²) in [5.41, 5.74) is 0.883. The third kappa shape index (κ3) is 2.44. The van der Waals surface area contributed by atoms with Crippen LogP contribution in [0.25, 0.3) is 22.3 Å². The molecule has 3 rings (SSSR count). The van der Waals surface area contributed by atoms with Crippen molar-refractivity contribution in [3.63, 3.8) is 0 Å². The number of phenolic OH excluding ortho intramolecular Hbond substituents is 1. The quantitative estimate of drug-likeness (QED) is 0.766. The summed E-state index contributed by atoms with van der Waals surface area (Å²) in [6, 6.07) is 9.32. The van der Waals surface area contributed by atoms with Gasteiger partial charge in [0.05, 0.1) is 14.2 Å². The number of carbonyl (C=O) groups is 1. The second-order valence-corrected chi connectivity index (χ2v) is 4.86. The Balaban J connectivity index is 2.36. The average molecular weight is 314 g/mol. The van der Waals surface area contributed by atoms with Gasteiger partial charge in [-0.25, -0.2) is 4.79 Å². The summed E-state index contributed by atoms with van der Waals surface area (Å²) >= 11 is 0. The number of carboxylic acids is 1. The minimum atomic E-state index is -1.12. The molecule has 0 aliphatic carbocycles. The monoisotopic (exact) mass is 314 g/mol. The van der Waals surface area contributed by atoms with E-state index in [1.807, 2.05) is 0 Å². The highest BCUT2D eigenvalue weighted by molar-refractivity contribution is 6.09. The predicted octanol–water partition coefficient (Wildman–Crippen LogP) is 3.52. The number of aromatic carboxylic acids is 1. The Morgan fingerprint density at radius 1 is 1.09 bits per heavy atom. The highest BCUT2D eigenvalue weighted by atomic mass is 16.5. The van der Waals surface area contributed by atoms with Crippen LogP contribution in [0.1, 0.15) is 10.4 Å². The molecular weight excluding hydrogens is 300 g/mol. The minimum Gasteiger partial charge on any atom is -0.508 e. The van der Waals surface area contributed by atoms with Gasteiger partial charge < -0.3 is 24.1 Å². The number of aromatic hydroxyl groups is 1. The Bertz CT molecular complexity index is 876. The number of fused-ring (bicyclic) bond motifs is 1. The maximum Gasteiger partial charge on any atom is 0.340 e. The third-order valence-electron chi connectivity index (χ3n) is 3.53. The number of hydrogen-bond acceptors (Lipinski definition) is 5. The van der Waals surface area contributed by atoms with Crippen LogP contribution < -0.4 is 9.47 Å². The molecule has 0 saturated heterocycles. The Morgan fingerprint density at radius 3 is 2.35 bits per heavy atom. The van der Waals surface area contributed by atoms with Gasteiger partial charge in [-0.15, -0.1) is 0 Å². The summed E-state index contributed by atoms with van der Waals surface area (Å²) in [7, 11) is 2.96. The molecule has 0 fully saturated rings. The zero-order chi connectivity index (χ0) is 16.6. The van der Waals surface area contributed by atoms with Crippen LogP contribution in [-0.2, 0) is 0 Å². The van der Waals surface area contributed by atoms with E-state index in [2.05, 4.69) is 0 Å². The minimum absolute atomic E-state index is 0.0166. The van der Waals surface area contributed by atoms with Gasteiger partial charge in [0.2, 0.25) is 0 Å². The Labute approximate surface area is 131 Å². The number of carboxylic acid groups (broad SMARTS) is 1. The number of phenols is 1. The van der Waals surface area contributed by atoms with Gasteiger partial charge in [0, 0.05) is 17.0 Å². The van der Waals surface area contributed by atoms with E-state index in [0.29, 0.717) is 28.0 Å². The smallest absolute Gasteiger partial charge is 0.340 e. The fourth-order valence-corrected chi connectivity index (χ4v) is 2.44. The van der Waals surface area contributed by atoms with Gasteiger partial charge in [-0.2, -0.15) is 0 Å². The molecule has 6 heteroatoms. The number of hydrogen-bond donors (Lipinski definition) is 2. The van der Waals surface area contributed by atoms with Crippen molar-refractivity contribution in [3.05, 3.63) is 42.0 Å². The van der Waals surface area contributed by atoms with E-state index in [4.69, 9.17) is 13.9 Å². The standard InChI is InChI=1S/C17H14O6/c1-21-11-7-12-14(17(19)20)15(9-3-5-10(18)6-4-9)23-16(12)13(8-11)22-2/h3-8,18H,1-2H3,(H,19,20). The van der Waals surface area contributed by atoms with E-state index >= 15 is 0 Å². The summed E-state index contributed by atoms with van der Waals surface area (Å²) in [5.74, 6) is 0.00366. The number of methoxy groups -OCH3 is 2. The second-order valence-electron chi connectivity index (χ2n) is 4.86. The molecule has 0 bridgehead atoms. The highest BCUT2D eigenvalue weighted by Gasteiger charge is 2.24. The van der Waals surface area contributed by atoms with Crippen LogP contribution in [0.15, 0.2) is 40.8 Å². The van der Waals surface area contributed by atoms with E-state index in [1.165, 1.54) is 26.4 Å². The van der Waals surface area contributed by atoms with Crippen molar-refractivity contribution < 1.29 is 28.9 Å². The maximum atomic E-state index is 11.7. The van der Waals surface area contributed by atoms with Crippen molar-refractivity contribution in [2.24, 2.45) is 0 Å². The lowest BCUT2D eigenvalue weighted by Crippen LogP contribution is -1.97.